The highest BCUT2D eigenvalue weighted by atomic mass is 19.1. The fourth-order valence-corrected chi connectivity index (χ4v) is 1.82. The molecule has 1 aliphatic rings. The molecule has 2 rings (SSSR count). The zero-order valence-corrected chi connectivity index (χ0v) is 9.15. The van der Waals surface area contributed by atoms with Gasteiger partial charge in [0, 0.05) is 6.54 Å². The lowest BCUT2D eigenvalue weighted by Gasteiger charge is -2.33. The van der Waals surface area contributed by atoms with Crippen molar-refractivity contribution in [2.24, 2.45) is 0 Å². The maximum atomic E-state index is 13.4. The first kappa shape index (κ1) is 11.1. The molecule has 3 nitrogen and oxygen atoms in total. The highest BCUT2D eigenvalue weighted by Gasteiger charge is 2.26. The Morgan fingerprint density at radius 2 is 2.25 bits per heavy atom. The molecule has 1 amide bonds. The Morgan fingerprint density at radius 1 is 1.50 bits per heavy atom. The van der Waals surface area contributed by atoms with Gasteiger partial charge in [-0.25, -0.2) is 4.39 Å². The number of nitrogens with zero attached hydrogens (tertiary/aromatic N) is 1. The van der Waals surface area contributed by atoms with E-state index in [1.165, 1.54) is 12.1 Å². The van der Waals surface area contributed by atoms with Gasteiger partial charge in [0.15, 0.2) is 0 Å². The molecule has 0 bridgehead atoms. The fourth-order valence-electron chi connectivity index (χ4n) is 1.82. The van der Waals surface area contributed by atoms with Gasteiger partial charge in [-0.2, -0.15) is 0 Å². The number of carbonyl (C=O) groups is 1. The van der Waals surface area contributed by atoms with Crippen LogP contribution in [0.2, 0.25) is 0 Å². The SMILES string of the molecule is C[C@H]1COCCN1C(=O)c1ccccc1F. The van der Waals surface area contributed by atoms with Gasteiger partial charge in [0.25, 0.3) is 5.91 Å². The molecule has 0 N–H and O–H groups in total. The number of halogens is 1. The number of hydrogen-bond donors (Lipinski definition) is 0. The number of morpholine rings is 1. The van der Waals surface area contributed by atoms with E-state index in [0.29, 0.717) is 19.8 Å². The predicted octanol–water partition coefficient (Wildman–Crippen LogP) is 1.69. The smallest absolute Gasteiger partial charge is 0.257 e. The normalized spacial score (nSPS) is 20.9. The van der Waals surface area contributed by atoms with Gasteiger partial charge in [0.1, 0.15) is 5.82 Å². The molecule has 0 unspecified atom stereocenters. The van der Waals surface area contributed by atoms with Crippen molar-refractivity contribution >= 4 is 5.91 Å². The Balaban J connectivity index is 2.21. The first-order valence-electron chi connectivity index (χ1n) is 5.33. The maximum Gasteiger partial charge on any atom is 0.257 e. The van der Waals surface area contributed by atoms with Crippen LogP contribution in [-0.2, 0) is 4.74 Å². The summed E-state index contributed by atoms with van der Waals surface area (Å²) in [7, 11) is 0. The number of ether oxygens (including phenoxy) is 1. The Hall–Kier alpha value is -1.42. The van der Waals surface area contributed by atoms with Crippen LogP contribution in [0.5, 0.6) is 0 Å². The molecule has 0 aromatic heterocycles. The van der Waals surface area contributed by atoms with E-state index in [9.17, 15) is 9.18 Å². The van der Waals surface area contributed by atoms with E-state index in [1.807, 2.05) is 6.92 Å². The summed E-state index contributed by atoms with van der Waals surface area (Å²) in [5.41, 5.74) is 0.135. The molecule has 0 saturated carbocycles. The molecule has 0 aliphatic carbocycles. The van der Waals surface area contributed by atoms with Crippen LogP contribution in [0.4, 0.5) is 4.39 Å². The van der Waals surface area contributed by atoms with E-state index < -0.39 is 5.82 Å². The third-order valence-corrected chi connectivity index (χ3v) is 2.73. The molecule has 86 valence electrons. The second-order valence-electron chi connectivity index (χ2n) is 3.90. The summed E-state index contributed by atoms with van der Waals surface area (Å²) < 4.78 is 18.7. The minimum absolute atomic E-state index is 0.000793. The van der Waals surface area contributed by atoms with Crippen LogP contribution in [0, 0.1) is 5.82 Å². The van der Waals surface area contributed by atoms with Gasteiger partial charge >= 0.3 is 0 Å². The molecule has 1 atom stereocenters. The van der Waals surface area contributed by atoms with Gasteiger partial charge < -0.3 is 9.64 Å². The summed E-state index contributed by atoms with van der Waals surface area (Å²) in [5.74, 6) is -0.722. The standard InChI is InChI=1S/C12H14FNO2/c1-9-8-16-7-6-14(9)12(15)10-4-2-3-5-11(10)13/h2-5,9H,6-8H2,1H3/t9-/m0/s1. The summed E-state index contributed by atoms with van der Waals surface area (Å²) in [6.45, 7) is 3.46. The second-order valence-corrected chi connectivity index (χ2v) is 3.90. The molecular formula is C12H14FNO2. The van der Waals surface area contributed by atoms with Crippen LogP contribution in [0.1, 0.15) is 17.3 Å². The molecule has 1 heterocycles. The van der Waals surface area contributed by atoms with E-state index in [0.717, 1.165) is 0 Å². The van der Waals surface area contributed by atoms with Crippen LogP contribution in [0.3, 0.4) is 0 Å². The quantitative estimate of drug-likeness (QED) is 0.725. The van der Waals surface area contributed by atoms with Crippen molar-refractivity contribution in [3.63, 3.8) is 0 Å². The van der Waals surface area contributed by atoms with Crippen molar-refractivity contribution < 1.29 is 13.9 Å². The minimum atomic E-state index is -0.466. The zero-order chi connectivity index (χ0) is 11.5. The van der Waals surface area contributed by atoms with Gasteiger partial charge in [-0.1, -0.05) is 12.1 Å². The van der Waals surface area contributed by atoms with Crippen LogP contribution in [-0.4, -0.2) is 36.6 Å². The van der Waals surface area contributed by atoms with Gasteiger partial charge in [-0.15, -0.1) is 0 Å². The molecule has 16 heavy (non-hydrogen) atoms. The number of benzene rings is 1. The van der Waals surface area contributed by atoms with E-state index >= 15 is 0 Å². The van der Waals surface area contributed by atoms with Crippen molar-refractivity contribution in [1.29, 1.82) is 0 Å². The molecule has 1 aromatic carbocycles. The minimum Gasteiger partial charge on any atom is -0.377 e. The van der Waals surface area contributed by atoms with Crippen LogP contribution < -0.4 is 0 Å². The lowest BCUT2D eigenvalue weighted by atomic mass is 10.1. The molecular weight excluding hydrogens is 209 g/mol. The first-order chi connectivity index (χ1) is 7.70. The van der Waals surface area contributed by atoms with E-state index in [-0.39, 0.29) is 17.5 Å². The van der Waals surface area contributed by atoms with Gasteiger partial charge in [-0.3, -0.25) is 4.79 Å². The summed E-state index contributed by atoms with van der Waals surface area (Å²) in [6, 6.07) is 6.06. The van der Waals surface area contributed by atoms with Crippen LogP contribution in [0.15, 0.2) is 24.3 Å². The van der Waals surface area contributed by atoms with Crippen molar-refractivity contribution in [3.8, 4) is 0 Å². The highest BCUT2D eigenvalue weighted by Crippen LogP contribution is 2.14. The number of carbonyl (C=O) groups excluding carboxylic acids is 1. The first-order valence-corrected chi connectivity index (χ1v) is 5.33. The largest absolute Gasteiger partial charge is 0.377 e. The molecule has 1 saturated heterocycles. The van der Waals surface area contributed by atoms with Gasteiger partial charge in [0.05, 0.1) is 24.8 Å². The average molecular weight is 223 g/mol. The van der Waals surface area contributed by atoms with Crippen molar-refractivity contribution in [1.82, 2.24) is 4.90 Å². The zero-order valence-electron chi connectivity index (χ0n) is 9.15. The molecule has 1 fully saturated rings. The second kappa shape index (κ2) is 4.61. The Morgan fingerprint density at radius 3 is 2.94 bits per heavy atom. The number of rotatable bonds is 1. The molecule has 1 aliphatic heterocycles. The Kier molecular flexibility index (Phi) is 3.19. The van der Waals surface area contributed by atoms with Crippen molar-refractivity contribution in [2.75, 3.05) is 19.8 Å². The summed E-state index contributed by atoms with van der Waals surface area (Å²) in [4.78, 5) is 13.7. The van der Waals surface area contributed by atoms with Crippen molar-refractivity contribution in [2.45, 2.75) is 13.0 Å². The molecule has 1 aromatic rings. The summed E-state index contributed by atoms with van der Waals surface area (Å²) in [6.07, 6.45) is 0. The predicted molar refractivity (Wildman–Crippen MR) is 57.7 cm³/mol. The average Bonchev–Trinajstić information content (AvgIpc) is 2.29. The lowest BCUT2D eigenvalue weighted by molar-refractivity contribution is 0.00335. The molecule has 0 spiro atoms. The van der Waals surface area contributed by atoms with Gasteiger partial charge in [-0.05, 0) is 19.1 Å². The number of amides is 1. The fraction of sp³-hybridized carbons (Fsp3) is 0.417. The molecule has 4 heteroatoms. The van der Waals surface area contributed by atoms with Gasteiger partial charge in [0.2, 0.25) is 0 Å². The van der Waals surface area contributed by atoms with E-state index in [2.05, 4.69) is 0 Å². The summed E-state index contributed by atoms with van der Waals surface area (Å²) >= 11 is 0. The highest BCUT2D eigenvalue weighted by molar-refractivity contribution is 5.94. The third kappa shape index (κ3) is 2.07. The maximum absolute atomic E-state index is 13.4. The lowest BCUT2D eigenvalue weighted by Crippen LogP contribution is -2.47. The number of hydrogen-bond acceptors (Lipinski definition) is 2. The molecule has 0 radical (unpaired) electrons. The van der Waals surface area contributed by atoms with Crippen LogP contribution >= 0.6 is 0 Å². The monoisotopic (exact) mass is 223 g/mol. The van der Waals surface area contributed by atoms with E-state index in [4.69, 9.17) is 4.74 Å². The third-order valence-electron chi connectivity index (χ3n) is 2.73. The Labute approximate surface area is 93.8 Å². The Bertz CT molecular complexity index is 394. The van der Waals surface area contributed by atoms with Crippen LogP contribution in [0.25, 0.3) is 0 Å². The topological polar surface area (TPSA) is 29.5 Å². The summed E-state index contributed by atoms with van der Waals surface area (Å²) in [5, 5.41) is 0. The van der Waals surface area contributed by atoms with Crippen molar-refractivity contribution in [3.05, 3.63) is 35.6 Å². The van der Waals surface area contributed by atoms with E-state index in [1.54, 1.807) is 17.0 Å².